The highest BCUT2D eigenvalue weighted by atomic mass is 16.3. The van der Waals surface area contributed by atoms with Crippen molar-refractivity contribution < 1.29 is 19.5 Å². The van der Waals surface area contributed by atoms with Gasteiger partial charge in [0.25, 0.3) is 5.91 Å². The number of amides is 3. The maximum absolute atomic E-state index is 12.8. The van der Waals surface area contributed by atoms with Crippen molar-refractivity contribution in [1.82, 2.24) is 20.9 Å². The number of benzene rings is 1. The standard InChI is InChI=1S/C21H28N4O4/c26-12-14-5-7-22-8-6-17(14)23-10-13-1-2-16-15(9-13)11-25(21(16)29)18-3-4-19(27)24-20(18)28/h1-2,9,14,17-18,22-23,26H,3-8,10-12H2,(H,24,27,28). The second kappa shape index (κ2) is 8.61. The largest absolute Gasteiger partial charge is 0.396 e. The van der Waals surface area contributed by atoms with E-state index in [2.05, 4.69) is 16.0 Å². The number of aliphatic hydroxyl groups excluding tert-OH is 1. The molecule has 3 unspecified atom stereocenters. The number of nitrogens with zero attached hydrogens (tertiary/aromatic N) is 1. The fourth-order valence-electron chi connectivity index (χ4n) is 4.58. The van der Waals surface area contributed by atoms with Gasteiger partial charge in [0.1, 0.15) is 6.04 Å². The monoisotopic (exact) mass is 400 g/mol. The van der Waals surface area contributed by atoms with Gasteiger partial charge in [-0.2, -0.15) is 0 Å². The zero-order valence-electron chi connectivity index (χ0n) is 16.4. The Balaban J connectivity index is 1.42. The molecule has 3 amide bonds. The molecule has 4 N–H and O–H groups in total. The molecule has 0 radical (unpaired) electrons. The van der Waals surface area contributed by atoms with Gasteiger partial charge >= 0.3 is 0 Å². The van der Waals surface area contributed by atoms with E-state index in [-0.39, 0.29) is 42.7 Å². The number of imide groups is 1. The van der Waals surface area contributed by atoms with Crippen molar-refractivity contribution in [2.75, 3.05) is 19.7 Å². The number of nitrogens with one attached hydrogen (secondary N) is 3. The average molecular weight is 400 g/mol. The van der Waals surface area contributed by atoms with E-state index in [1.54, 1.807) is 4.90 Å². The number of hydrogen-bond donors (Lipinski definition) is 4. The second-order valence-corrected chi connectivity index (χ2v) is 8.15. The number of fused-ring (bicyclic) bond motifs is 1. The van der Waals surface area contributed by atoms with E-state index in [1.807, 2.05) is 18.2 Å². The highest BCUT2D eigenvalue weighted by Gasteiger charge is 2.39. The van der Waals surface area contributed by atoms with E-state index < -0.39 is 6.04 Å². The number of rotatable bonds is 5. The van der Waals surface area contributed by atoms with Crippen LogP contribution in [0.3, 0.4) is 0 Å². The van der Waals surface area contributed by atoms with Crippen molar-refractivity contribution in [1.29, 1.82) is 0 Å². The van der Waals surface area contributed by atoms with E-state index >= 15 is 0 Å². The SMILES string of the molecule is O=C1CCC(N2Cc3cc(CNC4CCNCCC4CO)ccc3C2=O)C(=O)N1. The Bertz CT molecular complexity index is 812. The van der Waals surface area contributed by atoms with Crippen molar-refractivity contribution in [2.45, 2.75) is 50.9 Å². The first-order valence-corrected chi connectivity index (χ1v) is 10.4. The lowest BCUT2D eigenvalue weighted by Crippen LogP contribution is -2.52. The molecule has 0 spiro atoms. The minimum Gasteiger partial charge on any atom is -0.396 e. The van der Waals surface area contributed by atoms with Crippen molar-refractivity contribution in [3.63, 3.8) is 0 Å². The van der Waals surface area contributed by atoms with Crippen molar-refractivity contribution in [3.05, 3.63) is 34.9 Å². The third kappa shape index (κ3) is 4.19. The summed E-state index contributed by atoms with van der Waals surface area (Å²) in [6.45, 7) is 3.11. The Morgan fingerprint density at radius 2 is 1.97 bits per heavy atom. The molecule has 8 nitrogen and oxygen atoms in total. The molecule has 0 aliphatic carbocycles. The van der Waals surface area contributed by atoms with Gasteiger partial charge in [0, 0.05) is 37.7 Å². The maximum atomic E-state index is 12.8. The van der Waals surface area contributed by atoms with E-state index in [9.17, 15) is 19.5 Å². The van der Waals surface area contributed by atoms with Gasteiger partial charge in [-0.1, -0.05) is 12.1 Å². The zero-order chi connectivity index (χ0) is 20.4. The van der Waals surface area contributed by atoms with Gasteiger partial charge in [0.2, 0.25) is 11.8 Å². The zero-order valence-corrected chi connectivity index (χ0v) is 16.4. The Morgan fingerprint density at radius 1 is 1.14 bits per heavy atom. The summed E-state index contributed by atoms with van der Waals surface area (Å²) in [6.07, 6.45) is 2.55. The highest BCUT2D eigenvalue weighted by Crippen LogP contribution is 2.28. The Kier molecular flexibility index (Phi) is 5.94. The summed E-state index contributed by atoms with van der Waals surface area (Å²) in [5, 5.41) is 18.9. The third-order valence-electron chi connectivity index (χ3n) is 6.28. The summed E-state index contributed by atoms with van der Waals surface area (Å²) in [5.41, 5.74) is 2.63. The molecular weight excluding hydrogens is 372 g/mol. The van der Waals surface area contributed by atoms with Crippen LogP contribution in [0.25, 0.3) is 0 Å². The second-order valence-electron chi connectivity index (χ2n) is 8.15. The summed E-state index contributed by atoms with van der Waals surface area (Å²) >= 11 is 0. The highest BCUT2D eigenvalue weighted by molar-refractivity contribution is 6.05. The van der Waals surface area contributed by atoms with Crippen LogP contribution in [0.4, 0.5) is 0 Å². The number of piperidine rings is 1. The molecule has 29 heavy (non-hydrogen) atoms. The molecule has 0 aromatic heterocycles. The van der Waals surface area contributed by atoms with Gasteiger partial charge in [-0.05, 0) is 55.5 Å². The average Bonchev–Trinajstić information content (AvgIpc) is 2.88. The quantitative estimate of drug-likeness (QED) is 0.514. The first-order chi connectivity index (χ1) is 14.1. The van der Waals surface area contributed by atoms with Crippen LogP contribution in [0.2, 0.25) is 0 Å². The third-order valence-corrected chi connectivity index (χ3v) is 6.28. The first-order valence-electron chi connectivity index (χ1n) is 10.4. The van der Waals surface area contributed by atoms with Crippen LogP contribution >= 0.6 is 0 Å². The minimum atomic E-state index is -0.585. The Morgan fingerprint density at radius 3 is 2.76 bits per heavy atom. The van der Waals surface area contributed by atoms with Crippen LogP contribution in [0, 0.1) is 5.92 Å². The summed E-state index contributed by atoms with van der Waals surface area (Å²) in [5.74, 6) is -0.576. The number of carbonyl (C=O) groups excluding carboxylic acids is 3. The lowest BCUT2D eigenvalue weighted by Gasteiger charge is -2.29. The van der Waals surface area contributed by atoms with Crippen LogP contribution in [0.1, 0.15) is 47.2 Å². The van der Waals surface area contributed by atoms with Gasteiger partial charge in [0.15, 0.2) is 0 Å². The smallest absolute Gasteiger partial charge is 0.255 e. The summed E-state index contributed by atoms with van der Waals surface area (Å²) in [6, 6.07) is 5.47. The predicted molar refractivity (Wildman–Crippen MR) is 106 cm³/mol. The van der Waals surface area contributed by atoms with Crippen molar-refractivity contribution in [3.8, 4) is 0 Å². The summed E-state index contributed by atoms with van der Waals surface area (Å²) < 4.78 is 0. The molecule has 8 heteroatoms. The van der Waals surface area contributed by atoms with Gasteiger partial charge in [0.05, 0.1) is 0 Å². The van der Waals surface area contributed by atoms with Gasteiger partial charge in [-0.15, -0.1) is 0 Å². The van der Waals surface area contributed by atoms with Crippen LogP contribution in [-0.2, 0) is 22.7 Å². The fourth-order valence-corrected chi connectivity index (χ4v) is 4.58. The molecule has 156 valence electrons. The molecule has 2 fully saturated rings. The summed E-state index contributed by atoms with van der Waals surface area (Å²) in [7, 11) is 0. The molecule has 0 saturated carbocycles. The molecule has 0 bridgehead atoms. The van der Waals surface area contributed by atoms with E-state index in [0.29, 0.717) is 25.1 Å². The van der Waals surface area contributed by atoms with Crippen molar-refractivity contribution >= 4 is 17.7 Å². The molecular formula is C21H28N4O4. The van der Waals surface area contributed by atoms with E-state index in [0.717, 1.165) is 37.1 Å². The number of hydrogen-bond acceptors (Lipinski definition) is 6. The van der Waals surface area contributed by atoms with Crippen molar-refractivity contribution in [2.24, 2.45) is 5.92 Å². The van der Waals surface area contributed by atoms with Gasteiger partial charge in [-0.25, -0.2) is 0 Å². The Labute approximate surface area is 170 Å². The molecule has 4 rings (SSSR count). The lowest BCUT2D eigenvalue weighted by atomic mass is 9.95. The van der Waals surface area contributed by atoms with E-state index in [4.69, 9.17) is 0 Å². The first kappa shape index (κ1) is 20.0. The van der Waals surface area contributed by atoms with Crippen LogP contribution in [0.15, 0.2) is 18.2 Å². The number of carbonyl (C=O) groups is 3. The molecule has 3 heterocycles. The maximum Gasteiger partial charge on any atom is 0.255 e. The van der Waals surface area contributed by atoms with Crippen LogP contribution < -0.4 is 16.0 Å². The van der Waals surface area contributed by atoms with Gasteiger partial charge in [-0.3, -0.25) is 19.7 Å². The molecule has 3 aliphatic heterocycles. The number of aliphatic hydroxyl groups is 1. The molecule has 3 aliphatic rings. The Hall–Kier alpha value is -2.29. The molecule has 1 aromatic rings. The van der Waals surface area contributed by atoms with Crippen LogP contribution in [0.5, 0.6) is 0 Å². The fraction of sp³-hybridized carbons (Fsp3) is 0.571. The van der Waals surface area contributed by atoms with Crippen LogP contribution in [-0.4, -0.2) is 59.5 Å². The molecule has 1 aromatic carbocycles. The van der Waals surface area contributed by atoms with Gasteiger partial charge < -0.3 is 20.6 Å². The summed E-state index contributed by atoms with van der Waals surface area (Å²) in [4.78, 5) is 37.9. The predicted octanol–water partition coefficient (Wildman–Crippen LogP) is -0.102. The topological polar surface area (TPSA) is 111 Å². The normalized spacial score (nSPS) is 27.6. The minimum absolute atomic E-state index is 0.149. The van der Waals surface area contributed by atoms with E-state index in [1.165, 1.54) is 0 Å². The molecule has 3 atom stereocenters. The molecule has 2 saturated heterocycles. The lowest BCUT2D eigenvalue weighted by molar-refractivity contribution is -0.136.